The molecule has 19 heavy (non-hydrogen) atoms. The van der Waals surface area contributed by atoms with E-state index in [1.54, 1.807) is 0 Å². The van der Waals surface area contributed by atoms with Crippen molar-refractivity contribution in [1.29, 1.82) is 0 Å². The molecule has 2 rings (SSSR count). The molecule has 1 aromatic carbocycles. The van der Waals surface area contributed by atoms with E-state index in [1.165, 1.54) is 10.8 Å². The average Bonchev–Trinajstić information content (AvgIpc) is 2.35. The molecule has 0 saturated heterocycles. The van der Waals surface area contributed by atoms with Crippen molar-refractivity contribution in [3.05, 3.63) is 36.0 Å². The Morgan fingerprint density at radius 2 is 1.89 bits per heavy atom. The molecule has 0 aliphatic heterocycles. The molecule has 1 aromatic heterocycles. The number of benzene rings is 1. The van der Waals surface area contributed by atoms with E-state index in [0.29, 0.717) is 6.54 Å². The minimum atomic E-state index is 0.232. The van der Waals surface area contributed by atoms with Gasteiger partial charge in [-0.25, -0.2) is 4.98 Å². The molecule has 3 nitrogen and oxygen atoms in total. The smallest absolute Gasteiger partial charge is 0.136 e. The lowest BCUT2D eigenvalue weighted by Gasteiger charge is -2.28. The van der Waals surface area contributed by atoms with Gasteiger partial charge in [-0.3, -0.25) is 0 Å². The van der Waals surface area contributed by atoms with E-state index in [4.69, 9.17) is 10.7 Å². The largest absolute Gasteiger partial charge is 0.359 e. The van der Waals surface area contributed by atoms with Gasteiger partial charge in [-0.05, 0) is 16.9 Å². The summed E-state index contributed by atoms with van der Waals surface area (Å²) in [6.07, 6.45) is 0. The van der Waals surface area contributed by atoms with Crippen molar-refractivity contribution in [2.75, 3.05) is 18.5 Å². The molecule has 2 aromatic rings. The van der Waals surface area contributed by atoms with Gasteiger partial charge in [-0.2, -0.15) is 0 Å². The van der Waals surface area contributed by atoms with Crippen molar-refractivity contribution < 1.29 is 0 Å². The first kappa shape index (κ1) is 13.8. The summed E-state index contributed by atoms with van der Waals surface area (Å²) in [7, 11) is 2.10. The van der Waals surface area contributed by atoms with E-state index < -0.39 is 0 Å². The predicted molar refractivity (Wildman–Crippen MR) is 82.4 cm³/mol. The normalized spacial score (nSPS) is 11.8. The number of fused-ring (bicyclic) bond motifs is 1. The quantitative estimate of drug-likeness (QED) is 0.918. The van der Waals surface area contributed by atoms with Gasteiger partial charge in [-0.1, -0.05) is 45.0 Å². The topological polar surface area (TPSA) is 42.2 Å². The molecular weight excluding hydrogens is 234 g/mol. The summed E-state index contributed by atoms with van der Waals surface area (Å²) in [6.45, 7) is 8.13. The van der Waals surface area contributed by atoms with Crippen LogP contribution >= 0.6 is 0 Å². The van der Waals surface area contributed by atoms with Crippen molar-refractivity contribution >= 4 is 16.6 Å². The first-order valence-electron chi connectivity index (χ1n) is 6.70. The molecule has 0 atom stereocenters. The first-order chi connectivity index (χ1) is 8.90. The number of hydrogen-bond donors (Lipinski definition) is 1. The number of hydrogen-bond acceptors (Lipinski definition) is 3. The van der Waals surface area contributed by atoms with E-state index in [0.717, 1.165) is 18.1 Å². The molecule has 102 valence electrons. The SMILES string of the molecule is CN(CC(C)(C)C)c1nc(CN)cc2ccccc12. The Hall–Kier alpha value is -1.61. The third-order valence-corrected chi connectivity index (χ3v) is 3.06. The van der Waals surface area contributed by atoms with Gasteiger partial charge in [-0.15, -0.1) is 0 Å². The van der Waals surface area contributed by atoms with Crippen molar-refractivity contribution in [2.24, 2.45) is 11.1 Å². The minimum absolute atomic E-state index is 0.232. The van der Waals surface area contributed by atoms with Crippen LogP contribution in [0, 0.1) is 5.41 Å². The second-order valence-corrected chi connectivity index (χ2v) is 6.28. The summed E-state index contributed by atoms with van der Waals surface area (Å²) in [5.41, 5.74) is 6.93. The van der Waals surface area contributed by atoms with Crippen molar-refractivity contribution in [3.8, 4) is 0 Å². The Morgan fingerprint density at radius 3 is 2.53 bits per heavy atom. The van der Waals surface area contributed by atoms with Gasteiger partial charge < -0.3 is 10.6 Å². The summed E-state index contributed by atoms with van der Waals surface area (Å²) in [5.74, 6) is 1.02. The van der Waals surface area contributed by atoms with Gasteiger partial charge in [0.05, 0.1) is 5.69 Å². The molecule has 0 radical (unpaired) electrons. The van der Waals surface area contributed by atoms with Crippen molar-refractivity contribution in [3.63, 3.8) is 0 Å². The fraction of sp³-hybridized carbons (Fsp3) is 0.438. The average molecular weight is 257 g/mol. The van der Waals surface area contributed by atoms with Crippen molar-refractivity contribution in [2.45, 2.75) is 27.3 Å². The maximum absolute atomic E-state index is 5.76. The number of nitrogens with zero attached hydrogens (tertiary/aromatic N) is 2. The fourth-order valence-corrected chi connectivity index (χ4v) is 2.42. The van der Waals surface area contributed by atoms with Crippen LogP contribution in [0.15, 0.2) is 30.3 Å². The highest BCUT2D eigenvalue weighted by Crippen LogP contribution is 2.27. The molecule has 3 heteroatoms. The van der Waals surface area contributed by atoms with Crippen LogP contribution in [0.1, 0.15) is 26.5 Å². The summed E-state index contributed by atoms with van der Waals surface area (Å²) >= 11 is 0. The molecule has 0 spiro atoms. The third kappa shape index (κ3) is 3.24. The van der Waals surface area contributed by atoms with E-state index in [-0.39, 0.29) is 5.41 Å². The molecule has 0 aliphatic carbocycles. The first-order valence-corrected chi connectivity index (χ1v) is 6.70. The van der Waals surface area contributed by atoms with Gasteiger partial charge in [0.2, 0.25) is 0 Å². The zero-order valence-electron chi connectivity index (χ0n) is 12.3. The van der Waals surface area contributed by atoms with Crippen molar-refractivity contribution in [1.82, 2.24) is 4.98 Å². The summed E-state index contributed by atoms with van der Waals surface area (Å²) < 4.78 is 0. The molecular formula is C16H23N3. The number of aromatic nitrogens is 1. The highest BCUT2D eigenvalue weighted by Gasteiger charge is 2.17. The molecule has 0 bridgehead atoms. The summed E-state index contributed by atoms with van der Waals surface area (Å²) in [5, 5.41) is 2.39. The zero-order valence-corrected chi connectivity index (χ0v) is 12.3. The van der Waals surface area contributed by atoms with E-state index in [2.05, 4.69) is 63.1 Å². The predicted octanol–water partition coefficient (Wildman–Crippen LogP) is 3.18. The Balaban J connectivity index is 2.51. The third-order valence-electron chi connectivity index (χ3n) is 3.06. The number of anilines is 1. The van der Waals surface area contributed by atoms with Crippen LogP contribution in [0.5, 0.6) is 0 Å². The lowest BCUT2D eigenvalue weighted by Crippen LogP contribution is -2.30. The standard InChI is InChI=1S/C16H23N3/c1-16(2,3)11-19(4)15-14-8-6-5-7-12(14)9-13(10-17)18-15/h5-9H,10-11,17H2,1-4H3. The van der Waals surface area contributed by atoms with Crippen LogP contribution < -0.4 is 10.6 Å². The van der Waals surface area contributed by atoms with Crippen LogP contribution in [0.3, 0.4) is 0 Å². The summed E-state index contributed by atoms with van der Waals surface area (Å²) in [6, 6.07) is 10.4. The van der Waals surface area contributed by atoms with Crippen LogP contribution in [0.4, 0.5) is 5.82 Å². The Bertz CT molecular complexity index is 570. The Morgan fingerprint density at radius 1 is 1.21 bits per heavy atom. The number of pyridine rings is 1. The van der Waals surface area contributed by atoms with Crippen LogP contribution in [-0.4, -0.2) is 18.6 Å². The zero-order chi connectivity index (χ0) is 14.0. The summed E-state index contributed by atoms with van der Waals surface area (Å²) in [4.78, 5) is 6.93. The van der Waals surface area contributed by atoms with Gasteiger partial charge in [0.25, 0.3) is 0 Å². The lowest BCUT2D eigenvalue weighted by molar-refractivity contribution is 0.418. The van der Waals surface area contributed by atoms with E-state index in [9.17, 15) is 0 Å². The molecule has 0 fully saturated rings. The molecule has 1 heterocycles. The highest BCUT2D eigenvalue weighted by molar-refractivity contribution is 5.92. The van der Waals surface area contributed by atoms with Gasteiger partial charge in [0, 0.05) is 25.5 Å². The van der Waals surface area contributed by atoms with Crippen LogP contribution in [-0.2, 0) is 6.54 Å². The molecule has 0 unspecified atom stereocenters. The molecule has 0 saturated carbocycles. The molecule has 2 N–H and O–H groups in total. The van der Waals surface area contributed by atoms with Gasteiger partial charge in [0.1, 0.15) is 5.82 Å². The number of rotatable bonds is 3. The van der Waals surface area contributed by atoms with E-state index in [1.807, 2.05) is 0 Å². The highest BCUT2D eigenvalue weighted by atomic mass is 15.2. The molecule has 0 amide bonds. The molecule has 0 aliphatic rings. The van der Waals surface area contributed by atoms with E-state index >= 15 is 0 Å². The lowest BCUT2D eigenvalue weighted by atomic mass is 9.96. The Labute approximate surface area is 115 Å². The van der Waals surface area contributed by atoms with Crippen LogP contribution in [0.25, 0.3) is 10.8 Å². The Kier molecular flexibility index (Phi) is 3.76. The maximum Gasteiger partial charge on any atom is 0.136 e. The minimum Gasteiger partial charge on any atom is -0.359 e. The van der Waals surface area contributed by atoms with Gasteiger partial charge >= 0.3 is 0 Å². The second kappa shape index (κ2) is 5.17. The van der Waals surface area contributed by atoms with Crippen LogP contribution in [0.2, 0.25) is 0 Å². The number of nitrogens with two attached hydrogens (primary N) is 1. The fourth-order valence-electron chi connectivity index (χ4n) is 2.42. The second-order valence-electron chi connectivity index (χ2n) is 6.28. The van der Waals surface area contributed by atoms with Gasteiger partial charge in [0.15, 0.2) is 0 Å². The maximum atomic E-state index is 5.76. The monoisotopic (exact) mass is 257 g/mol.